The molecule has 4 nitrogen and oxygen atoms in total. The molecule has 0 saturated carbocycles. The lowest BCUT2D eigenvalue weighted by atomic mass is 9.76. The normalized spacial score (nSPS) is 27.4. The molecule has 4 rings (SSSR count). The molecular weight excluding hydrogens is 252 g/mol. The van der Waals surface area contributed by atoms with Crippen LogP contribution in [0.5, 0.6) is 0 Å². The van der Waals surface area contributed by atoms with E-state index in [-0.39, 0.29) is 6.09 Å². The number of rotatable bonds is 0. The van der Waals surface area contributed by atoms with E-state index in [1.807, 2.05) is 24.8 Å². The van der Waals surface area contributed by atoms with E-state index >= 15 is 0 Å². The zero-order chi connectivity index (χ0) is 14.1. The number of amides is 1. The molecule has 104 valence electrons. The van der Waals surface area contributed by atoms with Gasteiger partial charge in [-0.05, 0) is 38.8 Å². The fourth-order valence-corrected chi connectivity index (χ4v) is 3.73. The molecule has 1 atom stereocenters. The van der Waals surface area contributed by atoms with E-state index in [2.05, 4.69) is 30.1 Å². The molecule has 1 aromatic carbocycles. The minimum atomic E-state index is -0.542. The second kappa shape index (κ2) is 3.37. The van der Waals surface area contributed by atoms with Crippen molar-refractivity contribution >= 4 is 17.0 Å². The van der Waals surface area contributed by atoms with Crippen LogP contribution in [0.3, 0.4) is 0 Å². The Hall–Kier alpha value is -1.97. The number of benzene rings is 1. The van der Waals surface area contributed by atoms with Crippen molar-refractivity contribution in [1.29, 1.82) is 0 Å². The van der Waals surface area contributed by atoms with Crippen LogP contribution in [0.2, 0.25) is 0 Å². The van der Waals surface area contributed by atoms with Gasteiger partial charge < -0.3 is 9.72 Å². The van der Waals surface area contributed by atoms with Gasteiger partial charge in [0.1, 0.15) is 11.1 Å². The van der Waals surface area contributed by atoms with Gasteiger partial charge in [-0.15, -0.1) is 0 Å². The molecule has 1 saturated heterocycles. The van der Waals surface area contributed by atoms with Gasteiger partial charge in [0.15, 0.2) is 0 Å². The Morgan fingerprint density at radius 2 is 2.00 bits per heavy atom. The zero-order valence-electron chi connectivity index (χ0n) is 12.0. The van der Waals surface area contributed by atoms with Gasteiger partial charge in [0.05, 0.1) is 0 Å². The molecule has 0 spiro atoms. The summed E-state index contributed by atoms with van der Waals surface area (Å²) < 4.78 is 5.62. The molecule has 4 heteroatoms. The van der Waals surface area contributed by atoms with Crippen molar-refractivity contribution in [3.63, 3.8) is 0 Å². The van der Waals surface area contributed by atoms with Crippen molar-refractivity contribution in [3.8, 4) is 0 Å². The second-order valence-corrected chi connectivity index (χ2v) is 6.38. The molecule has 2 aliphatic rings. The number of carbonyl (C=O) groups is 1. The molecule has 1 unspecified atom stereocenters. The summed E-state index contributed by atoms with van der Waals surface area (Å²) in [4.78, 5) is 17.5. The SMILES string of the molecule is CC1(C)OC(=O)N2CCc3c([nH]c4ccccc34)C21C. The largest absolute Gasteiger partial charge is 0.440 e. The van der Waals surface area contributed by atoms with Gasteiger partial charge in [0, 0.05) is 23.1 Å². The zero-order valence-corrected chi connectivity index (χ0v) is 12.0. The highest BCUT2D eigenvalue weighted by atomic mass is 16.6. The second-order valence-electron chi connectivity index (χ2n) is 6.38. The van der Waals surface area contributed by atoms with E-state index in [0.717, 1.165) is 17.6 Å². The first-order valence-corrected chi connectivity index (χ1v) is 7.06. The summed E-state index contributed by atoms with van der Waals surface area (Å²) in [6, 6.07) is 8.33. The number of hydrogen-bond donors (Lipinski definition) is 1. The molecule has 20 heavy (non-hydrogen) atoms. The molecule has 2 aliphatic heterocycles. The molecule has 0 radical (unpaired) electrons. The van der Waals surface area contributed by atoms with Crippen molar-refractivity contribution in [1.82, 2.24) is 9.88 Å². The highest BCUT2D eigenvalue weighted by Gasteiger charge is 2.61. The molecule has 0 bridgehead atoms. The fourth-order valence-electron chi connectivity index (χ4n) is 3.73. The number of hydrogen-bond acceptors (Lipinski definition) is 2. The average molecular weight is 270 g/mol. The first kappa shape index (κ1) is 11.8. The third-order valence-corrected chi connectivity index (χ3v) is 5.16. The van der Waals surface area contributed by atoms with E-state index < -0.39 is 11.1 Å². The lowest BCUT2D eigenvalue weighted by Gasteiger charge is -2.43. The van der Waals surface area contributed by atoms with Gasteiger partial charge in [-0.2, -0.15) is 0 Å². The highest BCUT2D eigenvalue weighted by molar-refractivity contribution is 5.86. The van der Waals surface area contributed by atoms with E-state index in [9.17, 15) is 4.79 Å². The van der Waals surface area contributed by atoms with Gasteiger partial charge >= 0.3 is 6.09 Å². The predicted molar refractivity (Wildman–Crippen MR) is 76.6 cm³/mol. The van der Waals surface area contributed by atoms with E-state index in [1.165, 1.54) is 10.9 Å². The van der Waals surface area contributed by atoms with Crippen molar-refractivity contribution in [2.45, 2.75) is 38.3 Å². The summed E-state index contributed by atoms with van der Waals surface area (Å²) in [5.74, 6) is 0. The van der Waals surface area contributed by atoms with Crippen LogP contribution in [-0.2, 0) is 16.7 Å². The molecule has 1 N–H and O–H groups in total. The molecule has 1 fully saturated rings. The van der Waals surface area contributed by atoms with Crippen LogP contribution in [0.4, 0.5) is 4.79 Å². The van der Waals surface area contributed by atoms with Crippen molar-refractivity contribution in [3.05, 3.63) is 35.5 Å². The maximum atomic E-state index is 12.1. The van der Waals surface area contributed by atoms with Crippen molar-refractivity contribution < 1.29 is 9.53 Å². The predicted octanol–water partition coefficient (Wildman–Crippen LogP) is 3.17. The topological polar surface area (TPSA) is 45.3 Å². The van der Waals surface area contributed by atoms with Crippen molar-refractivity contribution in [2.24, 2.45) is 0 Å². The molecule has 0 aliphatic carbocycles. The third-order valence-electron chi connectivity index (χ3n) is 5.16. The highest BCUT2D eigenvalue weighted by Crippen LogP contribution is 2.50. The van der Waals surface area contributed by atoms with E-state index in [4.69, 9.17) is 4.74 Å². The Bertz CT molecular complexity index is 731. The van der Waals surface area contributed by atoms with Crippen LogP contribution in [0.1, 0.15) is 32.0 Å². The van der Waals surface area contributed by atoms with Crippen LogP contribution in [0, 0.1) is 0 Å². The lowest BCUT2D eigenvalue weighted by Crippen LogP contribution is -2.54. The molecular formula is C16H18N2O2. The summed E-state index contributed by atoms with van der Waals surface area (Å²) in [6.07, 6.45) is 0.668. The molecule has 1 amide bonds. The fraction of sp³-hybridized carbons (Fsp3) is 0.438. The van der Waals surface area contributed by atoms with Gasteiger partial charge in [-0.3, -0.25) is 4.90 Å². The van der Waals surface area contributed by atoms with Crippen LogP contribution in [0.25, 0.3) is 10.9 Å². The quantitative estimate of drug-likeness (QED) is 0.799. The number of carbonyl (C=O) groups excluding carboxylic acids is 1. The van der Waals surface area contributed by atoms with E-state index in [1.54, 1.807) is 0 Å². The van der Waals surface area contributed by atoms with E-state index in [0.29, 0.717) is 6.54 Å². The number of cyclic esters (lactones) is 1. The number of fused-ring (bicyclic) bond motifs is 5. The standard InChI is InChI=1S/C16H18N2O2/c1-15(2)16(3)13-11(8-9-18(16)14(19)20-15)10-6-4-5-7-12(10)17-13/h4-7,17H,8-9H2,1-3H3. The maximum Gasteiger partial charge on any atom is 0.411 e. The molecule has 2 aromatic rings. The summed E-state index contributed by atoms with van der Waals surface area (Å²) >= 11 is 0. The first-order valence-electron chi connectivity index (χ1n) is 7.06. The van der Waals surface area contributed by atoms with Gasteiger partial charge in [0.25, 0.3) is 0 Å². The van der Waals surface area contributed by atoms with Crippen LogP contribution >= 0.6 is 0 Å². The number of para-hydroxylation sites is 1. The van der Waals surface area contributed by atoms with Gasteiger partial charge in [-0.25, -0.2) is 4.79 Å². The number of nitrogens with zero attached hydrogens (tertiary/aromatic N) is 1. The van der Waals surface area contributed by atoms with Crippen LogP contribution < -0.4 is 0 Å². The van der Waals surface area contributed by atoms with Crippen molar-refractivity contribution in [2.75, 3.05) is 6.54 Å². The number of ether oxygens (including phenoxy) is 1. The Labute approximate surface area is 117 Å². The summed E-state index contributed by atoms with van der Waals surface area (Å²) in [5, 5.41) is 1.26. The molecule has 3 heterocycles. The number of nitrogens with one attached hydrogen (secondary N) is 1. The minimum absolute atomic E-state index is 0.207. The lowest BCUT2D eigenvalue weighted by molar-refractivity contribution is 0.0172. The van der Waals surface area contributed by atoms with Crippen LogP contribution in [0.15, 0.2) is 24.3 Å². The minimum Gasteiger partial charge on any atom is -0.440 e. The number of aromatic amines is 1. The van der Waals surface area contributed by atoms with Gasteiger partial charge in [0.2, 0.25) is 0 Å². The first-order chi connectivity index (χ1) is 9.45. The Kier molecular flexibility index (Phi) is 1.99. The molecule has 1 aromatic heterocycles. The maximum absolute atomic E-state index is 12.1. The summed E-state index contributed by atoms with van der Waals surface area (Å²) in [5.41, 5.74) is 2.61. The smallest absolute Gasteiger partial charge is 0.411 e. The third kappa shape index (κ3) is 1.15. The Morgan fingerprint density at radius 1 is 1.25 bits per heavy atom. The number of H-pyrrole nitrogens is 1. The Morgan fingerprint density at radius 3 is 2.80 bits per heavy atom. The monoisotopic (exact) mass is 270 g/mol. The average Bonchev–Trinajstić information content (AvgIpc) is 2.85. The number of aromatic nitrogens is 1. The summed E-state index contributed by atoms with van der Waals surface area (Å²) in [7, 11) is 0. The Balaban J connectivity index is 2.04. The summed E-state index contributed by atoms with van der Waals surface area (Å²) in [6.45, 7) is 6.80. The van der Waals surface area contributed by atoms with Gasteiger partial charge in [-0.1, -0.05) is 18.2 Å². The van der Waals surface area contributed by atoms with Crippen LogP contribution in [-0.4, -0.2) is 28.1 Å².